The van der Waals surface area contributed by atoms with Crippen LogP contribution in [0.4, 0.5) is 0 Å². The van der Waals surface area contributed by atoms with E-state index in [1.165, 1.54) is 10.8 Å². The Hall–Kier alpha value is -3.03. The van der Waals surface area contributed by atoms with Crippen molar-refractivity contribution in [1.29, 1.82) is 0 Å². The zero-order valence-corrected chi connectivity index (χ0v) is 17.7. The van der Waals surface area contributed by atoms with E-state index < -0.39 is 0 Å². The fraction of sp³-hybridized carbons (Fsp3) is 0.0455. The van der Waals surface area contributed by atoms with Crippen molar-refractivity contribution in [2.24, 2.45) is 5.10 Å². The minimum atomic E-state index is 0.465. The van der Waals surface area contributed by atoms with Crippen LogP contribution in [-0.2, 0) is 6.54 Å². The first-order chi connectivity index (χ1) is 14.2. The van der Waals surface area contributed by atoms with E-state index in [1.807, 2.05) is 24.3 Å². The third kappa shape index (κ3) is 3.32. The monoisotopic (exact) mass is 461 g/mol. The highest BCUT2D eigenvalue weighted by Crippen LogP contribution is 2.29. The highest BCUT2D eigenvalue weighted by atomic mass is 79.9. The van der Waals surface area contributed by atoms with Crippen molar-refractivity contribution in [3.63, 3.8) is 0 Å². The molecule has 0 aliphatic rings. The molecule has 0 aliphatic carbocycles. The molecule has 0 saturated carbocycles. The van der Waals surface area contributed by atoms with Gasteiger partial charge in [-0.25, -0.2) is 0 Å². The van der Waals surface area contributed by atoms with Crippen LogP contribution in [0.1, 0.15) is 11.4 Å². The molecule has 142 valence electrons. The Labute approximate surface area is 180 Å². The molecule has 0 radical (unpaired) electrons. The fourth-order valence-corrected chi connectivity index (χ4v) is 4.19. The Morgan fingerprint density at radius 2 is 1.66 bits per heavy atom. The first-order valence-corrected chi connectivity index (χ1v) is 10.3. The molecule has 0 atom stereocenters. The summed E-state index contributed by atoms with van der Waals surface area (Å²) in [7, 11) is 0. The summed E-state index contributed by atoms with van der Waals surface area (Å²) >= 11 is 8.90. The van der Waals surface area contributed by atoms with Gasteiger partial charge in [-0.05, 0) is 42.0 Å². The van der Waals surface area contributed by atoms with Crippen LogP contribution < -0.4 is 0 Å². The highest BCUT2D eigenvalue weighted by molar-refractivity contribution is 9.10. The molecule has 1 N–H and O–H groups in total. The van der Waals surface area contributed by atoms with E-state index in [4.69, 9.17) is 12.2 Å². The van der Waals surface area contributed by atoms with Gasteiger partial charge in [-0.3, -0.25) is 5.10 Å². The average Bonchev–Trinajstić information content (AvgIpc) is 3.25. The summed E-state index contributed by atoms with van der Waals surface area (Å²) in [6.45, 7) is 0.553. The van der Waals surface area contributed by atoms with Gasteiger partial charge in [-0.2, -0.15) is 14.9 Å². The summed E-state index contributed by atoms with van der Waals surface area (Å²) in [5.41, 5.74) is 3.29. The molecule has 5 aromatic rings. The lowest BCUT2D eigenvalue weighted by Gasteiger charge is -2.07. The summed E-state index contributed by atoms with van der Waals surface area (Å²) in [6, 6.07) is 24.7. The molecule has 0 aliphatic heterocycles. The largest absolute Gasteiger partial charge is 0.333 e. The van der Waals surface area contributed by atoms with Crippen LogP contribution in [-0.4, -0.2) is 25.7 Å². The summed E-state index contributed by atoms with van der Waals surface area (Å²) in [6.07, 6.45) is 1.78. The van der Waals surface area contributed by atoms with Crippen molar-refractivity contribution >= 4 is 56.2 Å². The first kappa shape index (κ1) is 18.0. The maximum absolute atomic E-state index is 5.41. The van der Waals surface area contributed by atoms with Crippen molar-refractivity contribution in [2.45, 2.75) is 6.54 Å². The predicted molar refractivity (Wildman–Crippen MR) is 123 cm³/mol. The van der Waals surface area contributed by atoms with Crippen LogP contribution >= 0.6 is 28.1 Å². The van der Waals surface area contributed by atoms with E-state index in [0.717, 1.165) is 26.9 Å². The van der Waals surface area contributed by atoms with Crippen molar-refractivity contribution in [3.8, 4) is 0 Å². The zero-order chi connectivity index (χ0) is 19.8. The minimum Gasteiger partial charge on any atom is -0.333 e. The molecule has 29 heavy (non-hydrogen) atoms. The number of benzene rings is 3. The molecule has 2 heterocycles. The van der Waals surface area contributed by atoms with Crippen LogP contribution in [0.2, 0.25) is 0 Å². The number of aromatic amines is 1. The molecule has 0 fully saturated rings. The number of nitrogens with zero attached hydrogens (tertiary/aromatic N) is 4. The number of para-hydroxylation sites is 2. The van der Waals surface area contributed by atoms with Gasteiger partial charge in [0.25, 0.3) is 0 Å². The standard InChI is InChI=1S/C22H16BrN5S/c23-16-7-5-6-15(12-16)13-24-28-21(25-26-22(28)29)14-27-19-10-3-1-8-17(19)18-9-2-4-11-20(18)27/h1-13H,14H2,(H,26,29)/b24-13+. The van der Waals surface area contributed by atoms with Crippen molar-refractivity contribution in [1.82, 2.24) is 19.4 Å². The fourth-order valence-electron chi connectivity index (χ4n) is 3.57. The second kappa shape index (κ2) is 7.42. The number of aromatic nitrogens is 4. The van der Waals surface area contributed by atoms with Gasteiger partial charge < -0.3 is 4.57 Å². The van der Waals surface area contributed by atoms with E-state index in [2.05, 4.69) is 84.3 Å². The SMILES string of the molecule is S=c1[nH]nc(Cn2c3ccccc3c3ccccc32)n1/N=C/c1cccc(Br)c1. The Morgan fingerprint density at radius 1 is 0.966 bits per heavy atom. The van der Waals surface area contributed by atoms with E-state index in [0.29, 0.717) is 11.3 Å². The average molecular weight is 462 g/mol. The summed E-state index contributed by atoms with van der Waals surface area (Å²) in [4.78, 5) is 0. The van der Waals surface area contributed by atoms with Gasteiger partial charge in [0.1, 0.15) is 0 Å². The Morgan fingerprint density at radius 3 is 2.34 bits per heavy atom. The Kier molecular flexibility index (Phi) is 4.61. The molecular weight excluding hydrogens is 446 g/mol. The Bertz CT molecular complexity index is 1370. The van der Waals surface area contributed by atoms with E-state index >= 15 is 0 Å². The number of halogens is 1. The van der Waals surface area contributed by atoms with Gasteiger partial charge in [0.05, 0.1) is 12.8 Å². The minimum absolute atomic E-state index is 0.465. The Balaban J connectivity index is 1.60. The van der Waals surface area contributed by atoms with E-state index in [9.17, 15) is 0 Å². The molecule has 5 nitrogen and oxygen atoms in total. The van der Waals surface area contributed by atoms with E-state index in [-0.39, 0.29) is 0 Å². The first-order valence-electron chi connectivity index (χ1n) is 9.13. The maximum atomic E-state index is 5.41. The van der Waals surface area contributed by atoms with Gasteiger partial charge in [0.2, 0.25) is 4.77 Å². The molecule has 0 bridgehead atoms. The number of hydrogen-bond acceptors (Lipinski definition) is 3. The quantitative estimate of drug-likeness (QED) is 0.274. The second-order valence-corrected chi connectivity index (χ2v) is 7.98. The maximum Gasteiger partial charge on any atom is 0.216 e. The van der Waals surface area contributed by atoms with Crippen LogP contribution in [0.5, 0.6) is 0 Å². The van der Waals surface area contributed by atoms with E-state index in [1.54, 1.807) is 10.9 Å². The van der Waals surface area contributed by atoms with Crippen LogP contribution in [0.15, 0.2) is 82.4 Å². The molecule has 0 spiro atoms. The van der Waals surface area contributed by atoms with Gasteiger partial charge in [-0.1, -0.05) is 64.5 Å². The molecular formula is C22H16BrN5S. The number of rotatable bonds is 4. The van der Waals surface area contributed by atoms with Gasteiger partial charge in [0, 0.05) is 26.3 Å². The third-order valence-corrected chi connectivity index (χ3v) is 5.63. The number of hydrogen-bond donors (Lipinski definition) is 1. The lowest BCUT2D eigenvalue weighted by Crippen LogP contribution is -2.06. The zero-order valence-electron chi connectivity index (χ0n) is 15.3. The van der Waals surface area contributed by atoms with Crippen LogP contribution in [0.3, 0.4) is 0 Å². The van der Waals surface area contributed by atoms with Gasteiger partial charge in [0.15, 0.2) is 5.82 Å². The molecule has 0 unspecified atom stereocenters. The number of fused-ring (bicyclic) bond motifs is 3. The summed E-state index contributed by atoms with van der Waals surface area (Å²) < 4.78 is 5.40. The predicted octanol–water partition coefficient (Wildman–Crippen LogP) is 5.74. The lowest BCUT2D eigenvalue weighted by atomic mass is 10.2. The molecule has 2 aromatic heterocycles. The molecule has 5 rings (SSSR count). The number of H-pyrrole nitrogens is 1. The van der Waals surface area contributed by atoms with Crippen molar-refractivity contribution in [2.75, 3.05) is 0 Å². The lowest BCUT2D eigenvalue weighted by molar-refractivity contribution is 0.716. The van der Waals surface area contributed by atoms with Crippen molar-refractivity contribution < 1.29 is 0 Å². The third-order valence-electron chi connectivity index (χ3n) is 4.87. The normalized spacial score (nSPS) is 11.8. The molecule has 3 aromatic carbocycles. The van der Waals surface area contributed by atoms with Gasteiger partial charge >= 0.3 is 0 Å². The van der Waals surface area contributed by atoms with Gasteiger partial charge in [-0.15, -0.1) is 0 Å². The smallest absolute Gasteiger partial charge is 0.216 e. The highest BCUT2D eigenvalue weighted by Gasteiger charge is 2.13. The second-order valence-electron chi connectivity index (χ2n) is 6.68. The van der Waals surface area contributed by atoms with Crippen LogP contribution in [0.25, 0.3) is 21.8 Å². The van der Waals surface area contributed by atoms with Crippen molar-refractivity contribution in [3.05, 3.63) is 93.4 Å². The summed E-state index contributed by atoms with van der Waals surface area (Å²) in [5.74, 6) is 0.743. The molecule has 7 heteroatoms. The number of nitrogens with one attached hydrogen (secondary N) is 1. The molecule has 0 amide bonds. The topological polar surface area (TPSA) is 50.9 Å². The van der Waals surface area contributed by atoms with Crippen LogP contribution in [0, 0.1) is 4.77 Å². The molecule has 0 saturated heterocycles. The summed E-state index contributed by atoms with van der Waals surface area (Å²) in [5, 5.41) is 14.3.